The summed E-state index contributed by atoms with van der Waals surface area (Å²) >= 11 is 6.28. The van der Waals surface area contributed by atoms with Crippen molar-refractivity contribution in [1.82, 2.24) is 15.3 Å². The van der Waals surface area contributed by atoms with Crippen molar-refractivity contribution in [2.24, 2.45) is 23.2 Å². The Kier molecular flexibility index (Phi) is 10.2. The molecule has 0 saturated heterocycles. The number of ether oxygens (including phenoxy) is 1. The summed E-state index contributed by atoms with van der Waals surface area (Å²) in [6, 6.07) is 9.94. The van der Waals surface area contributed by atoms with Crippen LogP contribution in [0.4, 0.5) is 11.8 Å². The fourth-order valence-electron chi connectivity index (χ4n) is 6.52. The Balaban J connectivity index is 1.30. The van der Waals surface area contributed by atoms with Gasteiger partial charge in [-0.2, -0.15) is 10.2 Å². The SMILES string of the molecule is COC1CCC(CNC[C@@H]2CC(C)C[C@@](C)(CNc3nc(NCc4ccccc4Cl)ncc3C#N)C2)CC1. The average Bonchev–Trinajstić information content (AvgIpc) is 2.91. The van der Waals surface area contributed by atoms with Gasteiger partial charge in [0.05, 0.1) is 12.3 Å². The molecule has 2 saturated carbocycles. The summed E-state index contributed by atoms with van der Waals surface area (Å²) in [5.41, 5.74) is 1.58. The average molecular weight is 539 g/mol. The number of rotatable bonds is 11. The third-order valence-electron chi connectivity index (χ3n) is 8.34. The maximum absolute atomic E-state index is 9.65. The van der Waals surface area contributed by atoms with Gasteiger partial charge < -0.3 is 20.7 Å². The zero-order valence-electron chi connectivity index (χ0n) is 23.1. The van der Waals surface area contributed by atoms with Crippen LogP contribution in [0.25, 0.3) is 0 Å². The summed E-state index contributed by atoms with van der Waals surface area (Å²) in [4.78, 5) is 8.96. The summed E-state index contributed by atoms with van der Waals surface area (Å²) in [7, 11) is 1.84. The number of nitriles is 1. The van der Waals surface area contributed by atoms with E-state index in [1.54, 1.807) is 6.20 Å². The van der Waals surface area contributed by atoms with Crippen LogP contribution in [0.3, 0.4) is 0 Å². The van der Waals surface area contributed by atoms with Crippen molar-refractivity contribution >= 4 is 23.4 Å². The molecule has 2 aliphatic carbocycles. The van der Waals surface area contributed by atoms with E-state index in [0.29, 0.717) is 46.8 Å². The van der Waals surface area contributed by atoms with Crippen LogP contribution in [0, 0.1) is 34.5 Å². The molecule has 1 aromatic carbocycles. The molecule has 0 amide bonds. The maximum Gasteiger partial charge on any atom is 0.224 e. The van der Waals surface area contributed by atoms with Gasteiger partial charge in [0.2, 0.25) is 5.95 Å². The van der Waals surface area contributed by atoms with Crippen molar-refractivity contribution in [2.45, 2.75) is 71.4 Å². The lowest BCUT2D eigenvalue weighted by Crippen LogP contribution is -2.40. The fraction of sp³-hybridized carbons (Fsp3) is 0.633. The molecular formula is C30H43ClN6O. The number of nitrogens with one attached hydrogen (secondary N) is 3. The first-order valence-corrected chi connectivity index (χ1v) is 14.5. The summed E-state index contributed by atoms with van der Waals surface area (Å²) in [6.45, 7) is 8.24. The third kappa shape index (κ3) is 8.05. The third-order valence-corrected chi connectivity index (χ3v) is 8.71. The summed E-state index contributed by atoms with van der Waals surface area (Å²) in [5.74, 6) is 3.18. The molecule has 2 aromatic rings. The van der Waals surface area contributed by atoms with Crippen LogP contribution in [0.1, 0.15) is 69.9 Å². The molecule has 0 aliphatic heterocycles. The monoisotopic (exact) mass is 538 g/mol. The number of anilines is 2. The number of hydrogen-bond donors (Lipinski definition) is 3. The number of hydrogen-bond acceptors (Lipinski definition) is 7. The van der Waals surface area contributed by atoms with Crippen molar-refractivity contribution in [1.29, 1.82) is 5.26 Å². The van der Waals surface area contributed by atoms with E-state index in [2.05, 4.69) is 45.8 Å². The standard InChI is InChI=1S/C30H43ClN6O/c1-21-12-23(17-33-16-22-8-10-26(38-3)11-9-22)14-30(2,13-21)20-36-28-25(15-32)19-35-29(37-28)34-18-24-6-4-5-7-27(24)31/h4-7,19,21-23,26,33H,8-14,16-18,20H2,1-3H3,(H2,34,35,36,37)/t21?,22?,23-,26?,30-/m1/s1. The van der Waals surface area contributed by atoms with E-state index in [9.17, 15) is 5.26 Å². The lowest BCUT2D eigenvalue weighted by molar-refractivity contribution is 0.0561. The Morgan fingerprint density at radius 2 is 1.87 bits per heavy atom. The zero-order valence-corrected chi connectivity index (χ0v) is 23.9. The lowest BCUT2D eigenvalue weighted by Gasteiger charge is -2.42. The number of aromatic nitrogens is 2. The van der Waals surface area contributed by atoms with Gasteiger partial charge in [-0.3, -0.25) is 0 Å². The predicted molar refractivity (Wildman–Crippen MR) is 154 cm³/mol. The quantitative estimate of drug-likeness (QED) is 0.310. The van der Waals surface area contributed by atoms with Crippen molar-refractivity contribution in [3.8, 4) is 6.07 Å². The van der Waals surface area contributed by atoms with Gasteiger partial charge in [-0.05, 0) is 92.8 Å². The van der Waals surface area contributed by atoms with Crippen LogP contribution in [0.15, 0.2) is 30.5 Å². The van der Waals surface area contributed by atoms with E-state index in [4.69, 9.17) is 16.3 Å². The highest BCUT2D eigenvalue weighted by atomic mass is 35.5. The molecule has 206 valence electrons. The molecular weight excluding hydrogens is 496 g/mol. The minimum Gasteiger partial charge on any atom is -0.381 e. The second-order valence-electron chi connectivity index (χ2n) is 11.8. The molecule has 0 radical (unpaired) electrons. The topological polar surface area (TPSA) is 94.9 Å². The van der Waals surface area contributed by atoms with Gasteiger partial charge in [0, 0.05) is 25.2 Å². The van der Waals surface area contributed by atoms with Crippen LogP contribution in [-0.4, -0.2) is 42.8 Å². The molecule has 38 heavy (non-hydrogen) atoms. The second-order valence-corrected chi connectivity index (χ2v) is 12.2. The first kappa shape index (κ1) is 28.6. The number of halogens is 1. The van der Waals surface area contributed by atoms with Crippen molar-refractivity contribution in [3.63, 3.8) is 0 Å². The Morgan fingerprint density at radius 3 is 2.61 bits per heavy atom. The van der Waals surface area contributed by atoms with E-state index in [-0.39, 0.29) is 5.41 Å². The Labute approximate surface area is 233 Å². The molecule has 4 rings (SSSR count). The molecule has 0 bridgehead atoms. The van der Waals surface area contributed by atoms with E-state index in [1.807, 2.05) is 31.4 Å². The molecule has 1 heterocycles. The Hall–Kier alpha value is -2.40. The van der Waals surface area contributed by atoms with Gasteiger partial charge in [0.15, 0.2) is 0 Å². The molecule has 1 unspecified atom stereocenters. The summed E-state index contributed by atoms with van der Waals surface area (Å²) < 4.78 is 5.52. The molecule has 3 atom stereocenters. The van der Waals surface area contributed by atoms with Gasteiger partial charge in [0.25, 0.3) is 0 Å². The van der Waals surface area contributed by atoms with E-state index >= 15 is 0 Å². The highest BCUT2D eigenvalue weighted by molar-refractivity contribution is 6.31. The molecule has 2 fully saturated rings. The van der Waals surface area contributed by atoms with Crippen LogP contribution < -0.4 is 16.0 Å². The van der Waals surface area contributed by atoms with Crippen molar-refractivity contribution in [3.05, 3.63) is 46.6 Å². The molecule has 0 spiro atoms. The minimum absolute atomic E-state index is 0.142. The predicted octanol–water partition coefficient (Wildman–Crippen LogP) is 6.26. The molecule has 8 heteroatoms. The number of nitrogens with zero attached hydrogens (tertiary/aromatic N) is 3. The highest BCUT2D eigenvalue weighted by Gasteiger charge is 2.35. The van der Waals surface area contributed by atoms with Gasteiger partial charge in [-0.15, -0.1) is 0 Å². The van der Waals surface area contributed by atoms with Crippen molar-refractivity contribution in [2.75, 3.05) is 37.4 Å². The van der Waals surface area contributed by atoms with Crippen LogP contribution >= 0.6 is 11.6 Å². The van der Waals surface area contributed by atoms with Gasteiger partial charge in [-0.25, -0.2) is 4.98 Å². The van der Waals surface area contributed by atoms with E-state index < -0.39 is 0 Å². The first-order chi connectivity index (χ1) is 18.4. The van der Waals surface area contributed by atoms with Crippen molar-refractivity contribution < 1.29 is 4.74 Å². The second kappa shape index (κ2) is 13.6. The smallest absolute Gasteiger partial charge is 0.224 e. The van der Waals surface area contributed by atoms with E-state index in [1.165, 1.54) is 44.9 Å². The first-order valence-electron chi connectivity index (χ1n) is 14.1. The van der Waals surface area contributed by atoms with Gasteiger partial charge in [-0.1, -0.05) is 43.6 Å². The lowest BCUT2D eigenvalue weighted by atomic mass is 9.66. The van der Waals surface area contributed by atoms with E-state index in [0.717, 1.165) is 31.1 Å². The molecule has 7 nitrogen and oxygen atoms in total. The zero-order chi connectivity index (χ0) is 27.0. The largest absolute Gasteiger partial charge is 0.381 e. The van der Waals surface area contributed by atoms with Crippen LogP contribution in [0.5, 0.6) is 0 Å². The maximum atomic E-state index is 9.65. The van der Waals surface area contributed by atoms with Gasteiger partial charge >= 0.3 is 0 Å². The van der Waals surface area contributed by atoms with Crippen LogP contribution in [-0.2, 0) is 11.3 Å². The summed E-state index contributed by atoms with van der Waals surface area (Å²) in [5, 5.41) is 20.9. The molecule has 1 aromatic heterocycles. The summed E-state index contributed by atoms with van der Waals surface area (Å²) in [6.07, 6.45) is 10.6. The Morgan fingerprint density at radius 1 is 1.11 bits per heavy atom. The number of methoxy groups -OCH3 is 1. The normalized spacial score (nSPS) is 27.4. The molecule has 2 aliphatic rings. The van der Waals surface area contributed by atoms with Gasteiger partial charge in [0.1, 0.15) is 17.5 Å². The minimum atomic E-state index is 0.142. The fourth-order valence-corrected chi connectivity index (χ4v) is 6.72. The van der Waals surface area contributed by atoms with Crippen LogP contribution in [0.2, 0.25) is 5.02 Å². The number of benzene rings is 1. The molecule has 3 N–H and O–H groups in total. The Bertz CT molecular complexity index is 1080. The highest BCUT2D eigenvalue weighted by Crippen LogP contribution is 2.42.